The molecule has 8 rings (SSSR count). The van der Waals surface area contributed by atoms with E-state index in [0.29, 0.717) is 74.0 Å². The maximum Gasteiger partial charge on any atom is 0.328 e. The number of ether oxygens (including phenoxy) is 2. The van der Waals surface area contributed by atoms with Crippen molar-refractivity contribution in [3.8, 4) is 0 Å². The van der Waals surface area contributed by atoms with E-state index in [1.54, 1.807) is 0 Å². The van der Waals surface area contributed by atoms with Crippen LogP contribution in [0.1, 0.15) is 36.9 Å². The first-order valence-electron chi connectivity index (χ1n) is 29.9. The number of fused-ring (bicyclic) bond motifs is 2. The van der Waals surface area contributed by atoms with E-state index >= 15 is 0 Å². The molecule has 6 aromatic heterocycles. The van der Waals surface area contributed by atoms with Crippen LogP contribution < -0.4 is 0 Å². The molecule has 98 heavy (non-hydrogen) atoms. The largest absolute Gasteiger partial charge is 0.478 e. The van der Waals surface area contributed by atoms with Crippen molar-refractivity contribution in [3.63, 3.8) is 0 Å². The Morgan fingerprint density at radius 2 is 0.622 bits per heavy atom. The minimum absolute atomic E-state index is 0.558. The van der Waals surface area contributed by atoms with Crippen molar-refractivity contribution in [3.05, 3.63) is 169 Å². The summed E-state index contributed by atoms with van der Waals surface area (Å²) < 4.78 is 15.6. The third kappa shape index (κ3) is 38.8. The highest BCUT2D eigenvalue weighted by molar-refractivity contribution is 5.92. The second-order valence-electron chi connectivity index (χ2n) is 19.9. The highest BCUT2D eigenvalue weighted by Gasteiger charge is 2.22. The molecule has 2 aliphatic heterocycles. The smallest absolute Gasteiger partial charge is 0.328 e. The molecule has 2 fully saturated rings. The average Bonchev–Trinajstić information content (AvgIpc) is 1.67. The summed E-state index contributed by atoms with van der Waals surface area (Å²) in [5.41, 5.74) is 6.18. The van der Waals surface area contributed by atoms with E-state index in [4.69, 9.17) is 70.5 Å². The number of nitrogens with zero attached hydrogens (tertiary/aromatic N) is 12. The Kier molecular flexibility index (Phi) is 40.9. The molecule has 34 nitrogen and oxygen atoms in total. The van der Waals surface area contributed by atoms with Crippen molar-refractivity contribution in [2.45, 2.75) is 52.9 Å². The van der Waals surface area contributed by atoms with Gasteiger partial charge in [0.1, 0.15) is 22.7 Å². The number of pyridine rings is 4. The first-order valence-corrected chi connectivity index (χ1v) is 29.9. The molecule has 2 aliphatic rings. The fourth-order valence-electron chi connectivity index (χ4n) is 8.41. The molecule has 528 valence electrons. The maximum atomic E-state index is 9.55. The van der Waals surface area contributed by atoms with Crippen molar-refractivity contribution < 1.29 is 108 Å². The summed E-state index contributed by atoms with van der Waals surface area (Å²) in [6.45, 7) is 20.9. The predicted molar refractivity (Wildman–Crippen MR) is 349 cm³/mol. The van der Waals surface area contributed by atoms with E-state index in [-0.39, 0.29) is 0 Å². The fraction of sp³-hybridized carbons (Fsp3) is 0.344. The number of hydrogen-bond acceptors (Lipinski definition) is 22. The van der Waals surface area contributed by atoms with Gasteiger partial charge in [-0.3, -0.25) is 19.8 Å². The van der Waals surface area contributed by atoms with Gasteiger partial charge in [0.15, 0.2) is 11.3 Å². The quantitative estimate of drug-likeness (QED) is 0.0249. The summed E-state index contributed by atoms with van der Waals surface area (Å²) in [6, 6.07) is 20.3. The first kappa shape index (κ1) is 82.8. The van der Waals surface area contributed by atoms with Gasteiger partial charge in [-0.25, -0.2) is 67.9 Å². The summed E-state index contributed by atoms with van der Waals surface area (Å²) in [5, 5.41) is 78.1. The molecule has 34 heteroatoms. The summed E-state index contributed by atoms with van der Waals surface area (Å²) >= 11 is 0. The van der Waals surface area contributed by atoms with Crippen molar-refractivity contribution in [2.24, 2.45) is 0 Å². The molecular weight excluding hydrogens is 1290 g/mol. The fourth-order valence-corrected chi connectivity index (χ4v) is 8.41. The zero-order valence-electron chi connectivity index (χ0n) is 53.7. The molecule has 0 saturated carbocycles. The van der Waals surface area contributed by atoms with E-state index in [2.05, 4.69) is 72.9 Å². The van der Waals surface area contributed by atoms with Gasteiger partial charge in [0, 0.05) is 202 Å². The lowest BCUT2D eigenvalue weighted by molar-refractivity contribution is -0.134. The van der Waals surface area contributed by atoms with Gasteiger partial charge >= 0.3 is 59.7 Å². The Hall–Kier alpha value is -11.3. The van der Waals surface area contributed by atoms with Gasteiger partial charge in [-0.1, -0.05) is 12.1 Å². The van der Waals surface area contributed by atoms with Gasteiger partial charge in [-0.15, -0.1) is 0 Å². The number of hydrogen-bond donors (Lipinski definition) is 10. The molecule has 10 N–H and O–H groups in total. The third-order valence-electron chi connectivity index (χ3n) is 12.8. The number of aromatic nitrogens is 8. The second-order valence-corrected chi connectivity index (χ2v) is 19.9. The maximum absolute atomic E-state index is 9.55. The number of carboxylic acid groups (broad SMARTS) is 10. The summed E-state index contributed by atoms with van der Waals surface area (Å²) in [6.07, 6.45) is 15.0. The van der Waals surface area contributed by atoms with Crippen molar-refractivity contribution in [2.75, 3.05) is 91.9 Å². The molecule has 2 saturated heterocycles. The Labute approximate surface area is 561 Å². The molecule has 8 heterocycles. The Morgan fingerprint density at radius 1 is 0.357 bits per heavy atom. The lowest BCUT2D eigenvalue weighted by atomic mass is 10.2. The van der Waals surface area contributed by atoms with Crippen molar-refractivity contribution in [1.82, 2.24) is 58.6 Å². The molecule has 0 bridgehead atoms. The van der Waals surface area contributed by atoms with Gasteiger partial charge < -0.3 is 79.5 Å². The van der Waals surface area contributed by atoms with Crippen LogP contribution in [0.4, 0.5) is 0 Å². The van der Waals surface area contributed by atoms with Crippen LogP contribution >= 0.6 is 0 Å². The van der Waals surface area contributed by atoms with E-state index in [9.17, 15) is 47.9 Å². The molecule has 0 radical (unpaired) electrons. The van der Waals surface area contributed by atoms with Crippen LogP contribution in [0.25, 0.3) is 22.3 Å². The normalized spacial score (nSPS) is 13.3. The number of carboxylic acids is 10. The number of piperazine rings is 2. The van der Waals surface area contributed by atoms with Crippen LogP contribution in [0.5, 0.6) is 0 Å². The number of aliphatic carboxylic acids is 10. The summed E-state index contributed by atoms with van der Waals surface area (Å²) in [7, 11) is 0. The Balaban J connectivity index is 0.000000434. The van der Waals surface area contributed by atoms with Gasteiger partial charge in [-0.2, -0.15) is 0 Å². The zero-order valence-corrected chi connectivity index (χ0v) is 53.7. The molecule has 0 spiro atoms. The molecule has 6 aromatic rings. The lowest BCUT2D eigenvalue weighted by Crippen LogP contribution is -2.46. The van der Waals surface area contributed by atoms with E-state index in [0.717, 1.165) is 152 Å². The second kappa shape index (κ2) is 48.4. The van der Waals surface area contributed by atoms with Crippen LogP contribution in [0, 0.1) is 0 Å². The molecule has 0 amide bonds. The van der Waals surface area contributed by atoms with E-state index < -0.39 is 59.7 Å². The van der Waals surface area contributed by atoms with Crippen LogP contribution in [-0.2, 0) is 96.4 Å². The predicted octanol–water partition coefficient (Wildman–Crippen LogP) is 3.01. The molecule has 0 aliphatic carbocycles. The van der Waals surface area contributed by atoms with E-state index in [1.165, 1.54) is 11.4 Å². The molecular formula is C64H80N12O22. The van der Waals surface area contributed by atoms with Gasteiger partial charge in [0.2, 0.25) is 0 Å². The monoisotopic (exact) mass is 1370 g/mol. The van der Waals surface area contributed by atoms with Gasteiger partial charge in [-0.05, 0) is 62.4 Å². The zero-order chi connectivity index (χ0) is 72.6. The Morgan fingerprint density at radius 3 is 0.867 bits per heavy atom. The van der Waals surface area contributed by atoms with Gasteiger partial charge in [0.05, 0.1) is 26.3 Å². The van der Waals surface area contributed by atoms with Crippen LogP contribution in [0.3, 0.4) is 0 Å². The van der Waals surface area contributed by atoms with Crippen molar-refractivity contribution >= 4 is 82.0 Å². The Bertz CT molecular complexity index is 3190. The standard InChI is InChI=1S/2C22H30N6O.5C4H4O4/c2*1-2-29-17-16-28-21(25-20-7-5-10-24-22(20)28)18-27-14-12-26(13-15-27)11-8-19-6-3-4-9-23-19;5*5-3(6)1-2-4(7)8/h2*3-7,9-10H,2,8,11-18H2,1H3;5*1-2H,(H,5,6)(H,7,8). The summed E-state index contributed by atoms with van der Waals surface area (Å²) in [4.78, 5) is 133. The highest BCUT2D eigenvalue weighted by Crippen LogP contribution is 2.18. The molecule has 0 unspecified atom stereocenters. The number of imidazole rings is 2. The summed E-state index contributed by atoms with van der Waals surface area (Å²) in [5.74, 6) is -10.4. The number of rotatable bonds is 28. The first-order chi connectivity index (χ1) is 46.8. The van der Waals surface area contributed by atoms with Crippen LogP contribution in [-0.4, -0.2) is 261 Å². The third-order valence-corrected chi connectivity index (χ3v) is 12.8. The lowest BCUT2D eigenvalue weighted by Gasteiger charge is -2.34. The van der Waals surface area contributed by atoms with E-state index in [1.807, 2.05) is 75.0 Å². The highest BCUT2D eigenvalue weighted by atomic mass is 16.5. The minimum atomic E-state index is -1.26. The average molecular weight is 1370 g/mol. The number of carbonyl (C=O) groups is 10. The molecule has 0 atom stereocenters. The van der Waals surface area contributed by atoms with Gasteiger partial charge in [0.25, 0.3) is 0 Å². The SMILES string of the molecule is CCOCCn1c(CN2CCN(CCc3ccccn3)CC2)nc2cccnc21.CCOCCn1c(CN2CCN(CCc3ccccn3)CC2)nc2cccnc21.O=C(O)C=CC(=O)O.O=C(O)C=CC(=O)O.O=C(O)C=CC(=O)O.O=C(O)C=CC(=O)O.O=C(O)C=CC(=O)O. The molecule has 0 aromatic carbocycles. The minimum Gasteiger partial charge on any atom is -0.478 e. The van der Waals surface area contributed by atoms with Crippen LogP contribution in [0.2, 0.25) is 0 Å². The van der Waals surface area contributed by atoms with Crippen molar-refractivity contribution in [1.29, 1.82) is 0 Å². The van der Waals surface area contributed by atoms with Crippen LogP contribution in [0.15, 0.2) is 146 Å². The topological polar surface area (TPSA) is 492 Å².